The summed E-state index contributed by atoms with van der Waals surface area (Å²) in [5.41, 5.74) is 12.5. The molecule has 8 heteroatoms. The van der Waals surface area contributed by atoms with Gasteiger partial charge in [-0.1, -0.05) is 6.08 Å². The number of primary amides is 1. The van der Waals surface area contributed by atoms with Crippen LogP contribution in [0, 0.1) is 5.92 Å². The lowest BCUT2D eigenvalue weighted by molar-refractivity contribution is 0.1000. The molecule has 3 aliphatic carbocycles. The molecule has 7 nitrogen and oxygen atoms in total. The lowest BCUT2D eigenvalue weighted by Crippen LogP contribution is -2.48. The fraction of sp³-hybridized carbons (Fsp3) is 0.619. The van der Waals surface area contributed by atoms with Crippen LogP contribution in [0.4, 0.5) is 10.2 Å². The number of nitrogens with one attached hydrogen (secondary N) is 2. The van der Waals surface area contributed by atoms with Crippen molar-refractivity contribution in [2.24, 2.45) is 17.4 Å². The molecule has 0 radical (unpaired) electrons. The number of nitrogens with two attached hydrogens (primary N) is 2. The highest BCUT2D eigenvalue weighted by molar-refractivity contribution is 5.97. The average Bonchev–Trinajstić information content (AvgIpc) is 3.46. The van der Waals surface area contributed by atoms with Crippen LogP contribution in [0.25, 0.3) is 0 Å². The normalized spacial score (nSPS) is 29.5. The molecule has 4 rings (SSSR count). The van der Waals surface area contributed by atoms with Crippen LogP contribution in [0.3, 0.4) is 0 Å². The second kappa shape index (κ2) is 8.28. The fourth-order valence-corrected chi connectivity index (χ4v) is 4.25. The van der Waals surface area contributed by atoms with Gasteiger partial charge in [-0.15, -0.1) is 0 Å². The largest absolute Gasteiger partial charge is 0.365 e. The first-order valence-corrected chi connectivity index (χ1v) is 10.6. The van der Waals surface area contributed by atoms with E-state index in [2.05, 4.69) is 15.7 Å². The van der Waals surface area contributed by atoms with Crippen molar-refractivity contribution >= 4 is 11.7 Å². The van der Waals surface area contributed by atoms with Crippen LogP contribution in [0.15, 0.2) is 30.1 Å². The van der Waals surface area contributed by atoms with Gasteiger partial charge in [0.25, 0.3) is 5.91 Å². The van der Waals surface area contributed by atoms with E-state index in [1.807, 2.05) is 4.68 Å². The molecular weight excluding hydrogens is 371 g/mol. The van der Waals surface area contributed by atoms with Crippen molar-refractivity contribution in [1.82, 2.24) is 15.1 Å². The van der Waals surface area contributed by atoms with Crippen LogP contribution < -0.4 is 22.1 Å². The molecule has 1 unspecified atom stereocenters. The lowest BCUT2D eigenvalue weighted by Gasteiger charge is -2.40. The summed E-state index contributed by atoms with van der Waals surface area (Å²) in [4.78, 5) is 12.0. The Kier molecular flexibility index (Phi) is 5.74. The Morgan fingerprint density at radius 2 is 2.07 bits per heavy atom. The zero-order chi connectivity index (χ0) is 20.4. The number of hydrogen-bond acceptors (Lipinski definition) is 5. The molecule has 0 saturated heterocycles. The van der Waals surface area contributed by atoms with Gasteiger partial charge in [-0.2, -0.15) is 5.10 Å². The van der Waals surface area contributed by atoms with Gasteiger partial charge in [0.1, 0.15) is 11.7 Å². The predicted octanol–water partition coefficient (Wildman–Crippen LogP) is 2.17. The molecule has 0 bridgehead atoms. The first-order chi connectivity index (χ1) is 14.0. The summed E-state index contributed by atoms with van der Waals surface area (Å²) in [6.07, 6.45) is 12.5. The summed E-state index contributed by atoms with van der Waals surface area (Å²) in [7, 11) is 0. The van der Waals surface area contributed by atoms with Gasteiger partial charge < -0.3 is 22.1 Å². The highest BCUT2D eigenvalue weighted by Gasteiger charge is 2.38. The molecule has 0 spiro atoms. The van der Waals surface area contributed by atoms with Crippen LogP contribution in [-0.4, -0.2) is 41.0 Å². The Morgan fingerprint density at radius 1 is 1.31 bits per heavy atom. The third kappa shape index (κ3) is 4.53. The van der Waals surface area contributed by atoms with E-state index in [9.17, 15) is 9.18 Å². The number of aromatic nitrogens is 2. The predicted molar refractivity (Wildman–Crippen MR) is 111 cm³/mol. The molecule has 158 valence electrons. The molecule has 1 amide bonds. The number of nitrogens with zero attached hydrogens (tertiary/aromatic N) is 2. The standard InChI is InChI=1S/C21H31FN6O/c22-15-3-5-17(6-4-15)26-20-18(19(24)29)12-28(27-20)21(13-23)9-7-16(8-10-21)25-11-14-1-2-14/h3,5-6,12,14-16,25H,1-2,4,7-11,13,23H2,(H2,24,29)(H,26,27). The number of anilines is 1. The molecule has 1 atom stereocenters. The maximum absolute atomic E-state index is 13.3. The summed E-state index contributed by atoms with van der Waals surface area (Å²) < 4.78 is 15.1. The highest BCUT2D eigenvalue weighted by atomic mass is 19.1. The Hall–Kier alpha value is -2.19. The van der Waals surface area contributed by atoms with Crippen LogP contribution in [0.2, 0.25) is 0 Å². The minimum atomic E-state index is -0.974. The molecule has 1 heterocycles. The lowest BCUT2D eigenvalue weighted by atomic mass is 9.79. The molecule has 1 aromatic rings. The summed E-state index contributed by atoms with van der Waals surface area (Å²) in [6, 6.07) is 0.519. The van der Waals surface area contributed by atoms with Crippen LogP contribution in [-0.2, 0) is 5.54 Å². The summed E-state index contributed by atoms with van der Waals surface area (Å²) in [5, 5.41) is 11.5. The zero-order valence-electron chi connectivity index (χ0n) is 16.7. The van der Waals surface area contributed by atoms with Gasteiger partial charge in [-0.3, -0.25) is 9.48 Å². The first-order valence-electron chi connectivity index (χ1n) is 10.6. The molecule has 0 aromatic carbocycles. The number of carbonyl (C=O) groups is 1. The Labute approximate surface area is 170 Å². The van der Waals surface area contributed by atoms with E-state index in [1.54, 1.807) is 18.3 Å². The monoisotopic (exact) mass is 402 g/mol. The average molecular weight is 403 g/mol. The minimum Gasteiger partial charge on any atom is -0.365 e. The molecular formula is C21H31FN6O. The van der Waals surface area contributed by atoms with E-state index in [0.29, 0.717) is 36.1 Å². The van der Waals surface area contributed by atoms with Gasteiger partial charge in [-0.25, -0.2) is 4.39 Å². The molecule has 1 aromatic heterocycles. The molecule has 0 aliphatic heterocycles. The van der Waals surface area contributed by atoms with Gasteiger partial charge in [-0.05, 0) is 63.1 Å². The summed E-state index contributed by atoms with van der Waals surface area (Å²) >= 11 is 0. The van der Waals surface area contributed by atoms with E-state index < -0.39 is 12.1 Å². The van der Waals surface area contributed by atoms with Gasteiger partial charge >= 0.3 is 0 Å². The Bertz CT molecular complexity index is 804. The minimum absolute atomic E-state index is 0.299. The first kappa shape index (κ1) is 20.1. The quantitative estimate of drug-likeness (QED) is 0.533. The van der Waals surface area contributed by atoms with Crippen molar-refractivity contribution in [2.75, 3.05) is 18.4 Å². The van der Waals surface area contributed by atoms with Crippen molar-refractivity contribution in [2.45, 2.75) is 62.7 Å². The number of hydrogen-bond donors (Lipinski definition) is 4. The third-order valence-electron chi connectivity index (χ3n) is 6.46. The summed E-state index contributed by atoms with van der Waals surface area (Å²) in [6.45, 7) is 1.57. The van der Waals surface area contributed by atoms with Crippen LogP contribution in [0.1, 0.15) is 55.3 Å². The van der Waals surface area contributed by atoms with Gasteiger partial charge in [0, 0.05) is 30.9 Å². The molecule has 2 fully saturated rings. The number of halogens is 1. The van der Waals surface area contributed by atoms with Crippen LogP contribution >= 0.6 is 0 Å². The second-order valence-corrected chi connectivity index (χ2v) is 8.65. The number of alkyl halides is 1. The van der Waals surface area contributed by atoms with E-state index in [0.717, 1.165) is 38.1 Å². The van der Waals surface area contributed by atoms with Crippen molar-refractivity contribution in [3.63, 3.8) is 0 Å². The number of amides is 1. The smallest absolute Gasteiger partial charge is 0.254 e. The van der Waals surface area contributed by atoms with Crippen molar-refractivity contribution in [3.8, 4) is 0 Å². The molecule has 2 saturated carbocycles. The van der Waals surface area contributed by atoms with Crippen molar-refractivity contribution < 1.29 is 9.18 Å². The number of rotatable bonds is 8. The maximum Gasteiger partial charge on any atom is 0.254 e. The van der Waals surface area contributed by atoms with Crippen LogP contribution in [0.5, 0.6) is 0 Å². The highest BCUT2D eigenvalue weighted by Crippen LogP contribution is 2.36. The van der Waals surface area contributed by atoms with E-state index in [1.165, 1.54) is 18.9 Å². The third-order valence-corrected chi connectivity index (χ3v) is 6.46. The van der Waals surface area contributed by atoms with Gasteiger partial charge in [0.2, 0.25) is 0 Å². The van der Waals surface area contributed by atoms with E-state index in [-0.39, 0.29) is 5.54 Å². The topological polar surface area (TPSA) is 111 Å². The number of carbonyl (C=O) groups excluding carboxylic acids is 1. The van der Waals surface area contributed by atoms with Gasteiger partial charge in [0.15, 0.2) is 5.82 Å². The number of allylic oxidation sites excluding steroid dienone is 3. The molecule has 29 heavy (non-hydrogen) atoms. The maximum atomic E-state index is 13.3. The van der Waals surface area contributed by atoms with Gasteiger partial charge in [0.05, 0.1) is 5.54 Å². The SMILES string of the molecule is NCC1(n2cc(C(N)=O)c(NC3=CCC(F)C=C3)n2)CCC(NCC2CC2)CC1. The van der Waals surface area contributed by atoms with Crippen molar-refractivity contribution in [1.29, 1.82) is 0 Å². The summed E-state index contributed by atoms with van der Waals surface area (Å²) in [5.74, 6) is 0.715. The molecule has 3 aliphatic rings. The second-order valence-electron chi connectivity index (χ2n) is 8.65. The Morgan fingerprint density at radius 3 is 2.66 bits per heavy atom. The van der Waals surface area contributed by atoms with E-state index in [4.69, 9.17) is 11.5 Å². The Balaban J connectivity index is 1.49. The zero-order valence-corrected chi connectivity index (χ0v) is 16.7. The van der Waals surface area contributed by atoms with Crippen molar-refractivity contribution in [3.05, 3.63) is 35.7 Å². The molecule has 6 N–H and O–H groups in total. The fourth-order valence-electron chi connectivity index (χ4n) is 4.25. The van der Waals surface area contributed by atoms with E-state index >= 15 is 0 Å².